The van der Waals surface area contributed by atoms with Crippen LogP contribution in [-0.4, -0.2) is 11.7 Å². The molecule has 3 nitrogen and oxygen atoms in total. The maximum atomic E-state index is 13.9. The SMILES string of the molecule is O=C1C(=O)N(Cc2cccc(F)c2F)c2c(F)cccc21. The Hall–Kier alpha value is -2.63. The number of ketones is 1. The topological polar surface area (TPSA) is 37.4 Å². The maximum absolute atomic E-state index is 13.9. The lowest BCUT2D eigenvalue weighted by molar-refractivity contribution is -0.114. The number of hydrogen-bond donors (Lipinski definition) is 0. The van der Waals surface area contributed by atoms with Gasteiger partial charge in [-0.15, -0.1) is 0 Å². The molecule has 0 fully saturated rings. The van der Waals surface area contributed by atoms with E-state index in [2.05, 4.69) is 0 Å². The molecule has 0 atom stereocenters. The van der Waals surface area contributed by atoms with Crippen molar-refractivity contribution in [1.29, 1.82) is 0 Å². The molecule has 0 N–H and O–H groups in total. The molecule has 21 heavy (non-hydrogen) atoms. The second-order valence-electron chi connectivity index (χ2n) is 4.57. The number of carbonyl (C=O) groups excluding carboxylic acids is 2. The van der Waals surface area contributed by atoms with Crippen LogP contribution >= 0.6 is 0 Å². The molecule has 106 valence electrons. The van der Waals surface area contributed by atoms with Crippen molar-refractivity contribution in [2.75, 3.05) is 4.90 Å². The summed E-state index contributed by atoms with van der Waals surface area (Å²) in [5.41, 5.74) is -0.403. The van der Waals surface area contributed by atoms with Crippen molar-refractivity contribution in [3.05, 3.63) is 65.0 Å². The van der Waals surface area contributed by atoms with Gasteiger partial charge in [0.25, 0.3) is 11.7 Å². The Morgan fingerprint density at radius 2 is 1.57 bits per heavy atom. The molecule has 1 heterocycles. The Labute approximate surface area is 117 Å². The zero-order chi connectivity index (χ0) is 15.1. The Balaban J connectivity index is 2.07. The summed E-state index contributed by atoms with van der Waals surface area (Å²) in [7, 11) is 0. The average molecular weight is 291 g/mol. The smallest absolute Gasteiger partial charge is 0.297 e. The van der Waals surface area contributed by atoms with Crippen molar-refractivity contribution in [3.8, 4) is 0 Å². The van der Waals surface area contributed by atoms with Crippen molar-refractivity contribution < 1.29 is 22.8 Å². The molecular formula is C15H8F3NO2. The molecule has 0 unspecified atom stereocenters. The molecular weight excluding hydrogens is 283 g/mol. The second kappa shape index (κ2) is 4.73. The molecule has 3 rings (SSSR count). The van der Waals surface area contributed by atoms with E-state index in [4.69, 9.17) is 0 Å². The minimum absolute atomic E-state index is 0.0724. The van der Waals surface area contributed by atoms with Gasteiger partial charge in [0, 0.05) is 5.56 Å². The van der Waals surface area contributed by atoms with E-state index in [1.165, 1.54) is 24.3 Å². The highest BCUT2D eigenvalue weighted by molar-refractivity contribution is 6.52. The van der Waals surface area contributed by atoms with E-state index in [1.54, 1.807) is 0 Å². The number of nitrogens with zero attached hydrogens (tertiary/aromatic N) is 1. The fraction of sp³-hybridized carbons (Fsp3) is 0.0667. The van der Waals surface area contributed by atoms with E-state index in [9.17, 15) is 22.8 Å². The van der Waals surface area contributed by atoms with E-state index >= 15 is 0 Å². The Morgan fingerprint density at radius 1 is 0.905 bits per heavy atom. The predicted molar refractivity (Wildman–Crippen MR) is 68.3 cm³/mol. The van der Waals surface area contributed by atoms with Crippen LogP contribution in [0.1, 0.15) is 15.9 Å². The zero-order valence-corrected chi connectivity index (χ0v) is 10.6. The van der Waals surface area contributed by atoms with Gasteiger partial charge in [0.1, 0.15) is 5.82 Å². The average Bonchev–Trinajstić information content (AvgIpc) is 2.70. The summed E-state index contributed by atoms with van der Waals surface area (Å²) in [5, 5.41) is 0. The van der Waals surface area contributed by atoms with E-state index in [-0.39, 0.29) is 16.8 Å². The first kappa shape index (κ1) is 13.4. The zero-order valence-electron chi connectivity index (χ0n) is 10.6. The highest BCUT2D eigenvalue weighted by Crippen LogP contribution is 2.33. The van der Waals surface area contributed by atoms with Gasteiger partial charge >= 0.3 is 0 Å². The third kappa shape index (κ3) is 1.99. The molecule has 2 aromatic carbocycles. The van der Waals surface area contributed by atoms with Gasteiger partial charge in [-0.25, -0.2) is 13.2 Å². The summed E-state index contributed by atoms with van der Waals surface area (Å²) in [6, 6.07) is 7.21. The van der Waals surface area contributed by atoms with E-state index in [0.29, 0.717) is 0 Å². The van der Waals surface area contributed by atoms with Crippen molar-refractivity contribution >= 4 is 17.4 Å². The van der Waals surface area contributed by atoms with Crippen LogP contribution in [-0.2, 0) is 11.3 Å². The predicted octanol–water partition coefficient (Wildman–Crippen LogP) is 2.83. The third-order valence-corrected chi connectivity index (χ3v) is 3.30. The van der Waals surface area contributed by atoms with Crippen LogP contribution in [0.3, 0.4) is 0 Å². The van der Waals surface area contributed by atoms with Crippen LogP contribution in [0.2, 0.25) is 0 Å². The van der Waals surface area contributed by atoms with Gasteiger partial charge in [-0.3, -0.25) is 14.5 Å². The van der Waals surface area contributed by atoms with Crippen LogP contribution < -0.4 is 4.90 Å². The number of benzene rings is 2. The third-order valence-electron chi connectivity index (χ3n) is 3.30. The van der Waals surface area contributed by atoms with Gasteiger partial charge in [-0.1, -0.05) is 18.2 Å². The molecule has 0 spiro atoms. The standard InChI is InChI=1S/C15H8F3NO2/c16-10-5-1-3-8(12(10)18)7-19-13-9(14(20)15(19)21)4-2-6-11(13)17/h1-6H,7H2. The van der Waals surface area contributed by atoms with Gasteiger partial charge in [0.2, 0.25) is 0 Å². The van der Waals surface area contributed by atoms with Gasteiger partial charge in [0.05, 0.1) is 17.8 Å². The van der Waals surface area contributed by atoms with Gasteiger partial charge in [-0.05, 0) is 18.2 Å². The van der Waals surface area contributed by atoms with Gasteiger partial charge in [-0.2, -0.15) is 0 Å². The van der Waals surface area contributed by atoms with Gasteiger partial charge < -0.3 is 0 Å². The fourth-order valence-corrected chi connectivity index (χ4v) is 2.30. The van der Waals surface area contributed by atoms with Crippen molar-refractivity contribution in [2.24, 2.45) is 0 Å². The van der Waals surface area contributed by atoms with Crippen molar-refractivity contribution in [2.45, 2.75) is 6.54 Å². The first-order chi connectivity index (χ1) is 10.0. The maximum Gasteiger partial charge on any atom is 0.299 e. The molecule has 0 aliphatic carbocycles. The molecule has 2 aromatic rings. The Morgan fingerprint density at radius 3 is 2.33 bits per heavy atom. The van der Waals surface area contributed by atoms with Gasteiger partial charge in [0.15, 0.2) is 11.6 Å². The normalized spacial score (nSPS) is 13.8. The Kier molecular flexibility index (Phi) is 3.01. The highest BCUT2D eigenvalue weighted by Gasteiger charge is 2.38. The lowest BCUT2D eigenvalue weighted by Gasteiger charge is -2.17. The Bertz CT molecular complexity index is 774. The number of para-hydroxylation sites is 1. The van der Waals surface area contributed by atoms with Crippen molar-refractivity contribution in [1.82, 2.24) is 0 Å². The minimum Gasteiger partial charge on any atom is -0.297 e. The largest absolute Gasteiger partial charge is 0.299 e. The first-order valence-corrected chi connectivity index (χ1v) is 6.08. The van der Waals surface area contributed by atoms with E-state index < -0.39 is 35.7 Å². The summed E-state index contributed by atoms with van der Waals surface area (Å²) in [6.07, 6.45) is 0. The number of Topliss-reactive ketones (excluding diaryl/α,β-unsaturated/α-hetero) is 1. The number of rotatable bonds is 2. The molecule has 1 aliphatic rings. The number of fused-ring (bicyclic) bond motifs is 1. The molecule has 0 radical (unpaired) electrons. The lowest BCUT2D eigenvalue weighted by atomic mass is 10.1. The summed E-state index contributed by atoms with van der Waals surface area (Å²) in [6.45, 7) is -0.415. The van der Waals surface area contributed by atoms with Crippen LogP contribution in [0, 0.1) is 17.5 Å². The first-order valence-electron chi connectivity index (χ1n) is 6.08. The van der Waals surface area contributed by atoms with Crippen LogP contribution in [0.4, 0.5) is 18.9 Å². The highest BCUT2D eigenvalue weighted by atomic mass is 19.2. The van der Waals surface area contributed by atoms with Crippen molar-refractivity contribution in [3.63, 3.8) is 0 Å². The number of hydrogen-bond acceptors (Lipinski definition) is 2. The molecule has 0 aromatic heterocycles. The quantitative estimate of drug-likeness (QED) is 0.798. The second-order valence-corrected chi connectivity index (χ2v) is 4.57. The molecule has 0 saturated carbocycles. The number of carbonyl (C=O) groups is 2. The van der Waals surface area contributed by atoms with E-state index in [1.807, 2.05) is 0 Å². The summed E-state index contributed by atoms with van der Waals surface area (Å²) in [4.78, 5) is 24.5. The van der Waals surface area contributed by atoms with Crippen LogP contribution in [0.25, 0.3) is 0 Å². The number of anilines is 1. The summed E-state index contributed by atoms with van der Waals surface area (Å²) in [5.74, 6) is -4.77. The molecule has 0 bridgehead atoms. The monoisotopic (exact) mass is 291 g/mol. The van der Waals surface area contributed by atoms with Crippen LogP contribution in [0.15, 0.2) is 36.4 Å². The molecule has 1 aliphatic heterocycles. The minimum atomic E-state index is -1.12. The number of amides is 1. The fourth-order valence-electron chi connectivity index (χ4n) is 2.30. The summed E-state index contributed by atoms with van der Waals surface area (Å²) >= 11 is 0. The molecule has 1 amide bonds. The van der Waals surface area contributed by atoms with Crippen LogP contribution in [0.5, 0.6) is 0 Å². The number of halogens is 3. The molecule has 0 saturated heterocycles. The summed E-state index contributed by atoms with van der Waals surface area (Å²) < 4.78 is 40.7. The molecule has 6 heteroatoms. The van der Waals surface area contributed by atoms with E-state index in [0.717, 1.165) is 17.0 Å². The lowest BCUT2D eigenvalue weighted by Crippen LogP contribution is -2.30.